The number of pyridine rings is 1. The molecule has 16 heavy (non-hydrogen) atoms. The molecule has 0 unspecified atom stereocenters. The molecule has 3 heteroatoms. The van der Waals surface area contributed by atoms with Crippen molar-refractivity contribution in [3.05, 3.63) is 23.5 Å². The summed E-state index contributed by atoms with van der Waals surface area (Å²) >= 11 is 0. The van der Waals surface area contributed by atoms with Crippen LogP contribution in [-0.4, -0.2) is 11.6 Å². The molecule has 0 aliphatic heterocycles. The van der Waals surface area contributed by atoms with Gasteiger partial charge in [-0.3, -0.25) is 4.98 Å². The Labute approximate surface area is 97.0 Å². The van der Waals surface area contributed by atoms with E-state index in [1.165, 1.54) is 25.7 Å². The van der Waals surface area contributed by atoms with Crippen LogP contribution in [0, 0.1) is 12.8 Å². The lowest BCUT2D eigenvalue weighted by molar-refractivity contribution is 0.220. The van der Waals surface area contributed by atoms with E-state index in [1.807, 2.05) is 19.2 Å². The number of rotatable bonds is 5. The molecule has 0 bridgehead atoms. The van der Waals surface area contributed by atoms with Gasteiger partial charge in [0.05, 0.1) is 6.61 Å². The summed E-state index contributed by atoms with van der Waals surface area (Å²) in [5.74, 6) is 1.80. The molecule has 1 saturated carbocycles. The number of hydrogen-bond donors (Lipinski definition) is 1. The normalized spacial score (nSPS) is 15.9. The molecule has 0 amide bonds. The molecule has 0 saturated heterocycles. The van der Waals surface area contributed by atoms with E-state index in [0.29, 0.717) is 6.54 Å². The second-order valence-electron chi connectivity index (χ2n) is 4.57. The molecule has 0 radical (unpaired) electrons. The zero-order chi connectivity index (χ0) is 11.4. The molecule has 0 atom stereocenters. The van der Waals surface area contributed by atoms with Gasteiger partial charge in [-0.05, 0) is 19.3 Å². The van der Waals surface area contributed by atoms with Crippen LogP contribution >= 0.6 is 0 Å². The van der Waals surface area contributed by atoms with Gasteiger partial charge in [-0.2, -0.15) is 0 Å². The van der Waals surface area contributed by atoms with Crippen molar-refractivity contribution in [1.29, 1.82) is 0 Å². The molecule has 0 aromatic carbocycles. The second-order valence-corrected chi connectivity index (χ2v) is 4.57. The van der Waals surface area contributed by atoms with Gasteiger partial charge in [0.2, 0.25) is 0 Å². The average molecular weight is 220 g/mol. The number of nitrogens with two attached hydrogens (primary N) is 1. The maximum Gasteiger partial charge on any atom is 0.127 e. The first kappa shape index (κ1) is 11.4. The highest BCUT2D eigenvalue weighted by molar-refractivity contribution is 5.32. The minimum Gasteiger partial charge on any atom is -0.493 e. The van der Waals surface area contributed by atoms with Crippen LogP contribution in [0.25, 0.3) is 0 Å². The highest BCUT2D eigenvalue weighted by Crippen LogP contribution is 2.29. The standard InChI is InChI=1S/C13H20N2O/c1-10-7-13(12(8-14)9-15-10)16-6-5-11-3-2-4-11/h7,9,11H,2-6,8,14H2,1H3. The van der Waals surface area contributed by atoms with Gasteiger partial charge in [0.25, 0.3) is 0 Å². The molecule has 3 nitrogen and oxygen atoms in total. The quantitative estimate of drug-likeness (QED) is 0.829. The minimum absolute atomic E-state index is 0.492. The van der Waals surface area contributed by atoms with Crippen molar-refractivity contribution in [2.24, 2.45) is 11.7 Å². The summed E-state index contributed by atoms with van der Waals surface area (Å²) < 4.78 is 5.80. The third kappa shape index (κ3) is 2.73. The Morgan fingerprint density at radius 1 is 1.50 bits per heavy atom. The van der Waals surface area contributed by atoms with Crippen LogP contribution < -0.4 is 10.5 Å². The van der Waals surface area contributed by atoms with E-state index >= 15 is 0 Å². The molecule has 2 rings (SSSR count). The van der Waals surface area contributed by atoms with Crippen LogP contribution in [0.15, 0.2) is 12.3 Å². The zero-order valence-electron chi connectivity index (χ0n) is 9.91. The lowest BCUT2D eigenvalue weighted by Gasteiger charge is -2.25. The predicted molar refractivity (Wildman–Crippen MR) is 64.3 cm³/mol. The number of aromatic nitrogens is 1. The molecule has 1 aromatic heterocycles. The topological polar surface area (TPSA) is 48.1 Å². The van der Waals surface area contributed by atoms with Crippen molar-refractivity contribution in [2.75, 3.05) is 6.61 Å². The average Bonchev–Trinajstić information content (AvgIpc) is 2.22. The van der Waals surface area contributed by atoms with Crippen molar-refractivity contribution in [3.8, 4) is 5.75 Å². The summed E-state index contributed by atoms with van der Waals surface area (Å²) in [6.45, 7) is 3.27. The van der Waals surface area contributed by atoms with E-state index in [0.717, 1.165) is 29.5 Å². The van der Waals surface area contributed by atoms with Gasteiger partial charge in [0.1, 0.15) is 5.75 Å². The van der Waals surface area contributed by atoms with E-state index in [2.05, 4.69) is 4.98 Å². The summed E-state index contributed by atoms with van der Waals surface area (Å²) in [7, 11) is 0. The molecule has 1 aliphatic carbocycles. The maximum atomic E-state index is 5.80. The smallest absolute Gasteiger partial charge is 0.127 e. The molecular formula is C13H20N2O. The summed E-state index contributed by atoms with van der Waals surface area (Å²) in [6.07, 6.45) is 7.14. The Morgan fingerprint density at radius 3 is 2.94 bits per heavy atom. The second kappa shape index (κ2) is 5.30. The fraction of sp³-hybridized carbons (Fsp3) is 0.615. The van der Waals surface area contributed by atoms with Gasteiger partial charge >= 0.3 is 0 Å². The Bertz CT molecular complexity index is 348. The zero-order valence-corrected chi connectivity index (χ0v) is 9.91. The van der Waals surface area contributed by atoms with Crippen LogP contribution in [0.3, 0.4) is 0 Å². The van der Waals surface area contributed by atoms with Gasteiger partial charge in [0, 0.05) is 30.1 Å². The highest BCUT2D eigenvalue weighted by atomic mass is 16.5. The van der Waals surface area contributed by atoms with Crippen LogP contribution in [0.2, 0.25) is 0 Å². The number of hydrogen-bond acceptors (Lipinski definition) is 3. The predicted octanol–water partition coefficient (Wildman–Crippen LogP) is 2.42. The van der Waals surface area contributed by atoms with Gasteiger partial charge < -0.3 is 10.5 Å². The van der Waals surface area contributed by atoms with E-state index in [-0.39, 0.29) is 0 Å². The van der Waals surface area contributed by atoms with Crippen molar-refractivity contribution >= 4 is 0 Å². The van der Waals surface area contributed by atoms with E-state index < -0.39 is 0 Å². The fourth-order valence-electron chi connectivity index (χ4n) is 1.97. The Morgan fingerprint density at radius 2 is 2.31 bits per heavy atom. The minimum atomic E-state index is 0.492. The van der Waals surface area contributed by atoms with Crippen molar-refractivity contribution in [3.63, 3.8) is 0 Å². The lowest BCUT2D eigenvalue weighted by atomic mass is 9.83. The van der Waals surface area contributed by atoms with Crippen LogP contribution in [0.4, 0.5) is 0 Å². The number of nitrogens with zero attached hydrogens (tertiary/aromatic N) is 1. The summed E-state index contributed by atoms with van der Waals surface area (Å²) in [4.78, 5) is 4.22. The van der Waals surface area contributed by atoms with Gasteiger partial charge in [-0.15, -0.1) is 0 Å². The van der Waals surface area contributed by atoms with E-state index in [4.69, 9.17) is 10.5 Å². The molecule has 0 spiro atoms. The summed E-state index contributed by atoms with van der Waals surface area (Å²) in [6, 6.07) is 1.98. The highest BCUT2D eigenvalue weighted by Gasteiger charge is 2.17. The van der Waals surface area contributed by atoms with Crippen molar-refractivity contribution < 1.29 is 4.74 Å². The van der Waals surface area contributed by atoms with Gasteiger partial charge in [0.15, 0.2) is 0 Å². The Kier molecular flexibility index (Phi) is 3.78. The van der Waals surface area contributed by atoms with Crippen LogP contribution in [0.5, 0.6) is 5.75 Å². The first-order chi connectivity index (χ1) is 7.79. The Hall–Kier alpha value is -1.09. The summed E-state index contributed by atoms with van der Waals surface area (Å²) in [5, 5.41) is 0. The lowest BCUT2D eigenvalue weighted by Crippen LogP contribution is -2.15. The van der Waals surface area contributed by atoms with Crippen molar-refractivity contribution in [1.82, 2.24) is 4.98 Å². The molecule has 1 aliphatic rings. The van der Waals surface area contributed by atoms with Crippen LogP contribution in [0.1, 0.15) is 36.9 Å². The van der Waals surface area contributed by atoms with E-state index in [1.54, 1.807) is 0 Å². The van der Waals surface area contributed by atoms with Gasteiger partial charge in [-0.1, -0.05) is 19.3 Å². The number of aryl methyl sites for hydroxylation is 1. The third-order valence-electron chi connectivity index (χ3n) is 3.31. The largest absolute Gasteiger partial charge is 0.493 e. The molecule has 88 valence electrons. The van der Waals surface area contributed by atoms with Crippen LogP contribution in [-0.2, 0) is 6.54 Å². The van der Waals surface area contributed by atoms with Crippen molar-refractivity contribution in [2.45, 2.75) is 39.2 Å². The first-order valence-electron chi connectivity index (χ1n) is 6.08. The Balaban J connectivity index is 1.88. The fourth-order valence-corrected chi connectivity index (χ4v) is 1.97. The molecular weight excluding hydrogens is 200 g/mol. The summed E-state index contributed by atoms with van der Waals surface area (Å²) in [5.41, 5.74) is 7.63. The molecule has 1 heterocycles. The molecule has 2 N–H and O–H groups in total. The monoisotopic (exact) mass is 220 g/mol. The first-order valence-corrected chi connectivity index (χ1v) is 6.08. The maximum absolute atomic E-state index is 5.80. The molecule has 1 aromatic rings. The SMILES string of the molecule is Cc1cc(OCCC2CCC2)c(CN)cn1. The third-order valence-corrected chi connectivity index (χ3v) is 3.31. The molecule has 1 fully saturated rings. The van der Waals surface area contributed by atoms with Gasteiger partial charge in [-0.25, -0.2) is 0 Å². The van der Waals surface area contributed by atoms with E-state index in [9.17, 15) is 0 Å². The number of ether oxygens (including phenoxy) is 1.